The molecule has 4 rings (SSSR count). The van der Waals surface area contributed by atoms with Crippen LogP contribution in [0.15, 0.2) is 24.3 Å². The monoisotopic (exact) mass is 288 g/mol. The minimum Gasteiger partial charge on any atom is -0.317 e. The summed E-state index contributed by atoms with van der Waals surface area (Å²) in [7, 11) is 0. The fourth-order valence-corrected chi connectivity index (χ4v) is 3.96. The van der Waals surface area contributed by atoms with Gasteiger partial charge in [0.05, 0.1) is 22.8 Å². The van der Waals surface area contributed by atoms with Gasteiger partial charge in [-0.05, 0) is 12.1 Å². The van der Waals surface area contributed by atoms with Gasteiger partial charge in [0.25, 0.3) is 0 Å². The van der Waals surface area contributed by atoms with Crippen LogP contribution < -0.4 is 5.32 Å². The second-order valence-corrected chi connectivity index (χ2v) is 6.40. The van der Waals surface area contributed by atoms with Crippen LogP contribution >= 0.6 is 11.3 Å². The number of nitrogens with zero attached hydrogens (tertiary/aromatic N) is 3. The molecule has 0 bridgehead atoms. The number of benzene rings is 1. The van der Waals surface area contributed by atoms with Crippen LogP contribution in [0.25, 0.3) is 10.2 Å². The molecule has 2 aliphatic heterocycles. The molecule has 6 heteroatoms. The number of thiazole rings is 1. The Morgan fingerprint density at radius 3 is 3.15 bits per heavy atom. The standard InChI is InChI=1S/C14H16N4OS/c19-14-17(8-10-7-15-5-6-18(10)14)9-13-16-11-3-1-2-4-12(11)20-13/h1-4,10,15H,5-9H2. The van der Waals surface area contributed by atoms with Gasteiger partial charge in [0.15, 0.2) is 0 Å². The molecule has 2 aromatic rings. The zero-order chi connectivity index (χ0) is 13.5. The molecule has 1 unspecified atom stereocenters. The van der Waals surface area contributed by atoms with Crippen LogP contribution in [0.5, 0.6) is 0 Å². The topological polar surface area (TPSA) is 48.5 Å². The van der Waals surface area contributed by atoms with Crippen molar-refractivity contribution in [3.63, 3.8) is 0 Å². The van der Waals surface area contributed by atoms with E-state index in [4.69, 9.17) is 0 Å². The van der Waals surface area contributed by atoms with Gasteiger partial charge in [0.1, 0.15) is 5.01 Å². The average molecular weight is 288 g/mol. The van der Waals surface area contributed by atoms with E-state index in [9.17, 15) is 4.79 Å². The lowest BCUT2D eigenvalue weighted by atomic mass is 10.2. The first kappa shape index (κ1) is 12.1. The number of piperazine rings is 1. The van der Waals surface area contributed by atoms with E-state index in [1.807, 2.05) is 28.0 Å². The molecule has 5 nitrogen and oxygen atoms in total. The molecule has 2 amide bonds. The third-order valence-electron chi connectivity index (χ3n) is 3.96. The summed E-state index contributed by atoms with van der Waals surface area (Å²) in [6.07, 6.45) is 0. The van der Waals surface area contributed by atoms with Crippen molar-refractivity contribution < 1.29 is 4.79 Å². The van der Waals surface area contributed by atoms with Crippen LogP contribution in [-0.2, 0) is 6.54 Å². The van der Waals surface area contributed by atoms with E-state index >= 15 is 0 Å². The van der Waals surface area contributed by atoms with Crippen molar-refractivity contribution in [3.8, 4) is 0 Å². The van der Waals surface area contributed by atoms with Crippen molar-refractivity contribution >= 4 is 27.6 Å². The molecule has 3 heterocycles. The first-order valence-corrected chi connectivity index (χ1v) is 7.73. The first-order chi connectivity index (χ1) is 9.81. The van der Waals surface area contributed by atoms with Gasteiger partial charge in [-0.1, -0.05) is 12.1 Å². The number of carbonyl (C=O) groups excluding carboxylic acids is 1. The molecule has 0 radical (unpaired) electrons. The highest BCUT2D eigenvalue weighted by atomic mass is 32.1. The molecule has 0 spiro atoms. The highest BCUT2D eigenvalue weighted by Gasteiger charge is 2.38. The molecule has 1 aromatic heterocycles. The summed E-state index contributed by atoms with van der Waals surface area (Å²) in [5.74, 6) is 0. The molecule has 2 fully saturated rings. The van der Waals surface area contributed by atoms with Crippen molar-refractivity contribution in [2.75, 3.05) is 26.2 Å². The summed E-state index contributed by atoms with van der Waals surface area (Å²) in [6, 6.07) is 8.61. The van der Waals surface area contributed by atoms with Crippen molar-refractivity contribution in [3.05, 3.63) is 29.3 Å². The molecule has 0 saturated carbocycles. The highest BCUT2D eigenvalue weighted by Crippen LogP contribution is 2.25. The first-order valence-electron chi connectivity index (χ1n) is 6.92. The Morgan fingerprint density at radius 2 is 2.30 bits per heavy atom. The predicted molar refractivity (Wildman–Crippen MR) is 78.8 cm³/mol. The van der Waals surface area contributed by atoms with Gasteiger partial charge in [-0.25, -0.2) is 9.78 Å². The number of para-hydroxylation sites is 1. The lowest BCUT2D eigenvalue weighted by Gasteiger charge is -2.28. The molecular formula is C14H16N4OS. The lowest BCUT2D eigenvalue weighted by Crippen LogP contribution is -2.49. The van der Waals surface area contributed by atoms with E-state index in [0.29, 0.717) is 12.6 Å². The zero-order valence-corrected chi connectivity index (χ0v) is 11.9. The van der Waals surface area contributed by atoms with Crippen LogP contribution in [0, 0.1) is 0 Å². The number of rotatable bonds is 2. The van der Waals surface area contributed by atoms with Crippen molar-refractivity contribution in [1.82, 2.24) is 20.1 Å². The predicted octanol–water partition coefficient (Wildman–Crippen LogP) is 1.51. The number of hydrogen-bond acceptors (Lipinski definition) is 4. The fourth-order valence-electron chi connectivity index (χ4n) is 2.97. The fraction of sp³-hybridized carbons (Fsp3) is 0.429. The molecule has 2 aliphatic rings. The van der Waals surface area contributed by atoms with E-state index in [0.717, 1.165) is 36.7 Å². The number of aromatic nitrogens is 1. The van der Waals surface area contributed by atoms with Crippen molar-refractivity contribution in [2.24, 2.45) is 0 Å². The van der Waals surface area contributed by atoms with Crippen LogP contribution in [0.4, 0.5) is 4.79 Å². The van der Waals surface area contributed by atoms with E-state index in [2.05, 4.69) is 16.4 Å². The Bertz CT molecular complexity index is 622. The lowest BCUT2D eigenvalue weighted by molar-refractivity contribution is 0.178. The summed E-state index contributed by atoms with van der Waals surface area (Å²) in [5.41, 5.74) is 1.03. The van der Waals surface area contributed by atoms with Crippen LogP contribution in [0.1, 0.15) is 5.01 Å². The Morgan fingerprint density at radius 1 is 1.40 bits per heavy atom. The summed E-state index contributed by atoms with van der Waals surface area (Å²) in [5, 5.41) is 4.37. The Balaban J connectivity index is 1.55. The maximum Gasteiger partial charge on any atom is 0.320 e. The molecular weight excluding hydrogens is 272 g/mol. The second-order valence-electron chi connectivity index (χ2n) is 5.29. The molecule has 20 heavy (non-hydrogen) atoms. The van der Waals surface area contributed by atoms with E-state index in [1.165, 1.54) is 4.70 Å². The van der Waals surface area contributed by atoms with Crippen LogP contribution in [0.3, 0.4) is 0 Å². The minimum absolute atomic E-state index is 0.163. The van der Waals surface area contributed by atoms with Gasteiger partial charge in [0, 0.05) is 26.2 Å². The third kappa shape index (κ3) is 1.96. The summed E-state index contributed by atoms with van der Waals surface area (Å²) >= 11 is 1.68. The highest BCUT2D eigenvalue weighted by molar-refractivity contribution is 7.18. The van der Waals surface area contributed by atoms with Gasteiger partial charge in [-0.15, -0.1) is 11.3 Å². The van der Waals surface area contributed by atoms with E-state index in [-0.39, 0.29) is 6.03 Å². The molecule has 1 atom stereocenters. The maximum atomic E-state index is 12.4. The molecule has 1 aromatic carbocycles. The SMILES string of the molecule is O=C1N(Cc2nc3ccccc3s2)CC2CNCCN12. The number of hydrogen-bond donors (Lipinski definition) is 1. The molecule has 0 aliphatic carbocycles. The number of urea groups is 1. The molecule has 1 N–H and O–H groups in total. The third-order valence-corrected chi connectivity index (χ3v) is 4.98. The number of carbonyl (C=O) groups is 1. The number of amides is 2. The average Bonchev–Trinajstić information content (AvgIpc) is 3.01. The summed E-state index contributed by atoms with van der Waals surface area (Å²) in [4.78, 5) is 20.9. The Labute approximate surface area is 121 Å². The minimum atomic E-state index is 0.163. The van der Waals surface area contributed by atoms with Gasteiger partial charge >= 0.3 is 6.03 Å². The second kappa shape index (κ2) is 4.71. The van der Waals surface area contributed by atoms with Crippen molar-refractivity contribution in [2.45, 2.75) is 12.6 Å². The maximum absolute atomic E-state index is 12.4. The normalized spacial score (nSPS) is 22.6. The van der Waals surface area contributed by atoms with Gasteiger partial charge < -0.3 is 15.1 Å². The van der Waals surface area contributed by atoms with Gasteiger partial charge in [0.2, 0.25) is 0 Å². The van der Waals surface area contributed by atoms with Crippen molar-refractivity contribution in [1.29, 1.82) is 0 Å². The summed E-state index contributed by atoms with van der Waals surface area (Å²) in [6.45, 7) is 4.06. The van der Waals surface area contributed by atoms with Crippen LogP contribution in [0.2, 0.25) is 0 Å². The molecule has 104 valence electrons. The zero-order valence-electron chi connectivity index (χ0n) is 11.1. The number of nitrogens with one attached hydrogen (secondary N) is 1. The summed E-state index contributed by atoms with van der Waals surface area (Å²) < 4.78 is 1.19. The Hall–Kier alpha value is -1.66. The molecule has 2 saturated heterocycles. The van der Waals surface area contributed by atoms with E-state index in [1.54, 1.807) is 11.3 Å². The van der Waals surface area contributed by atoms with Crippen LogP contribution in [-0.4, -0.2) is 53.0 Å². The van der Waals surface area contributed by atoms with Gasteiger partial charge in [-0.3, -0.25) is 0 Å². The quantitative estimate of drug-likeness (QED) is 0.911. The smallest absolute Gasteiger partial charge is 0.317 e. The Kier molecular flexibility index (Phi) is 2.85. The van der Waals surface area contributed by atoms with E-state index < -0.39 is 0 Å². The largest absolute Gasteiger partial charge is 0.320 e. The number of fused-ring (bicyclic) bond motifs is 2. The van der Waals surface area contributed by atoms with Gasteiger partial charge in [-0.2, -0.15) is 0 Å².